The summed E-state index contributed by atoms with van der Waals surface area (Å²) < 4.78 is 5.65. The predicted molar refractivity (Wildman–Crippen MR) is 90.4 cm³/mol. The van der Waals surface area contributed by atoms with Gasteiger partial charge in [0.2, 0.25) is 11.8 Å². The molecule has 23 heavy (non-hydrogen) atoms. The van der Waals surface area contributed by atoms with Gasteiger partial charge in [-0.1, -0.05) is 54.1 Å². The van der Waals surface area contributed by atoms with E-state index in [9.17, 15) is 0 Å². The molecule has 0 saturated heterocycles. The zero-order chi connectivity index (χ0) is 15.9. The zero-order valence-electron chi connectivity index (χ0n) is 12.7. The SMILES string of the molecule is Clc1cccc(CCNCc2nnc(Cc3ccccc3)o2)c1. The molecule has 0 spiro atoms. The predicted octanol–water partition coefficient (Wildman–Crippen LogP) is 3.65. The Balaban J connectivity index is 1.44. The first kappa shape index (κ1) is 15.7. The van der Waals surface area contributed by atoms with Gasteiger partial charge in [-0.15, -0.1) is 10.2 Å². The largest absolute Gasteiger partial charge is 0.424 e. The number of aromatic nitrogens is 2. The molecule has 0 aliphatic rings. The first-order valence-electron chi connectivity index (χ1n) is 7.60. The maximum atomic E-state index is 5.97. The Kier molecular flexibility index (Phi) is 5.40. The molecule has 1 N–H and O–H groups in total. The Labute approximate surface area is 140 Å². The van der Waals surface area contributed by atoms with Gasteiger partial charge in [-0.3, -0.25) is 0 Å². The lowest BCUT2D eigenvalue weighted by Crippen LogP contribution is -2.16. The van der Waals surface area contributed by atoms with E-state index < -0.39 is 0 Å². The summed E-state index contributed by atoms with van der Waals surface area (Å²) in [6.07, 6.45) is 1.57. The Morgan fingerprint density at radius 1 is 0.913 bits per heavy atom. The highest BCUT2D eigenvalue weighted by molar-refractivity contribution is 6.30. The lowest BCUT2D eigenvalue weighted by atomic mass is 10.1. The Morgan fingerprint density at radius 3 is 2.52 bits per heavy atom. The van der Waals surface area contributed by atoms with Crippen LogP contribution >= 0.6 is 11.6 Å². The van der Waals surface area contributed by atoms with Crippen molar-refractivity contribution in [1.29, 1.82) is 0 Å². The van der Waals surface area contributed by atoms with Gasteiger partial charge in [0.1, 0.15) is 0 Å². The summed E-state index contributed by atoms with van der Waals surface area (Å²) in [6, 6.07) is 18.0. The van der Waals surface area contributed by atoms with E-state index in [0.29, 0.717) is 24.7 Å². The van der Waals surface area contributed by atoms with E-state index in [1.54, 1.807) is 0 Å². The minimum absolute atomic E-state index is 0.572. The van der Waals surface area contributed by atoms with E-state index >= 15 is 0 Å². The molecule has 0 aliphatic carbocycles. The quantitative estimate of drug-likeness (QED) is 0.673. The molecule has 0 amide bonds. The molecule has 5 heteroatoms. The van der Waals surface area contributed by atoms with Crippen LogP contribution in [0.15, 0.2) is 59.0 Å². The van der Waals surface area contributed by atoms with Crippen LogP contribution in [0.2, 0.25) is 5.02 Å². The van der Waals surface area contributed by atoms with Crippen molar-refractivity contribution in [1.82, 2.24) is 15.5 Å². The van der Waals surface area contributed by atoms with E-state index in [0.717, 1.165) is 23.6 Å². The van der Waals surface area contributed by atoms with Crippen LogP contribution in [-0.2, 0) is 19.4 Å². The van der Waals surface area contributed by atoms with Gasteiger partial charge in [-0.2, -0.15) is 0 Å². The molecule has 0 atom stereocenters. The first-order chi connectivity index (χ1) is 11.3. The van der Waals surface area contributed by atoms with Crippen molar-refractivity contribution in [2.45, 2.75) is 19.4 Å². The van der Waals surface area contributed by atoms with E-state index in [-0.39, 0.29) is 0 Å². The fourth-order valence-electron chi connectivity index (χ4n) is 2.32. The van der Waals surface area contributed by atoms with E-state index in [4.69, 9.17) is 16.0 Å². The van der Waals surface area contributed by atoms with Gasteiger partial charge in [-0.05, 0) is 36.2 Å². The highest BCUT2D eigenvalue weighted by Crippen LogP contribution is 2.11. The minimum atomic E-state index is 0.572. The molecular weight excluding hydrogens is 310 g/mol. The molecule has 0 fully saturated rings. The zero-order valence-corrected chi connectivity index (χ0v) is 13.5. The van der Waals surface area contributed by atoms with Crippen molar-refractivity contribution in [3.63, 3.8) is 0 Å². The number of nitrogens with zero attached hydrogens (tertiary/aromatic N) is 2. The summed E-state index contributed by atoms with van der Waals surface area (Å²) in [6.45, 7) is 1.40. The summed E-state index contributed by atoms with van der Waals surface area (Å²) in [7, 11) is 0. The second-order valence-corrected chi connectivity index (χ2v) is 5.75. The van der Waals surface area contributed by atoms with Crippen LogP contribution in [0.5, 0.6) is 0 Å². The van der Waals surface area contributed by atoms with Crippen LogP contribution in [0.1, 0.15) is 22.9 Å². The number of nitrogens with one attached hydrogen (secondary N) is 1. The maximum Gasteiger partial charge on any atom is 0.230 e. The van der Waals surface area contributed by atoms with E-state index in [1.807, 2.05) is 48.5 Å². The Hall–Kier alpha value is -2.17. The topological polar surface area (TPSA) is 51.0 Å². The van der Waals surface area contributed by atoms with Gasteiger partial charge in [0.25, 0.3) is 0 Å². The molecule has 0 radical (unpaired) electrons. The van der Waals surface area contributed by atoms with Gasteiger partial charge >= 0.3 is 0 Å². The number of rotatable bonds is 7. The average Bonchev–Trinajstić information content (AvgIpc) is 3.00. The van der Waals surface area contributed by atoms with Gasteiger partial charge in [0.05, 0.1) is 13.0 Å². The van der Waals surface area contributed by atoms with Gasteiger partial charge in [0.15, 0.2) is 0 Å². The standard InChI is InChI=1S/C18H18ClN3O/c19-16-8-4-7-15(11-16)9-10-20-13-18-22-21-17(23-18)12-14-5-2-1-3-6-14/h1-8,11,20H,9-10,12-13H2. The third-order valence-corrected chi connectivity index (χ3v) is 3.70. The monoisotopic (exact) mass is 327 g/mol. The molecule has 0 bridgehead atoms. The van der Waals surface area contributed by atoms with E-state index in [2.05, 4.69) is 21.6 Å². The Bertz CT molecular complexity index is 743. The third kappa shape index (κ3) is 4.91. The van der Waals surface area contributed by atoms with Gasteiger partial charge < -0.3 is 9.73 Å². The first-order valence-corrected chi connectivity index (χ1v) is 7.98. The molecule has 0 aliphatic heterocycles. The van der Waals surface area contributed by atoms with E-state index in [1.165, 1.54) is 5.56 Å². The molecule has 3 aromatic rings. The second-order valence-electron chi connectivity index (χ2n) is 5.31. The van der Waals surface area contributed by atoms with Crippen LogP contribution in [0.25, 0.3) is 0 Å². The molecule has 1 aromatic heterocycles. The highest BCUT2D eigenvalue weighted by Gasteiger charge is 2.06. The smallest absolute Gasteiger partial charge is 0.230 e. The van der Waals surface area contributed by atoms with Gasteiger partial charge in [-0.25, -0.2) is 0 Å². The number of benzene rings is 2. The third-order valence-electron chi connectivity index (χ3n) is 3.46. The molecule has 0 saturated carbocycles. The highest BCUT2D eigenvalue weighted by atomic mass is 35.5. The summed E-state index contributed by atoms with van der Waals surface area (Å²) in [5.74, 6) is 1.25. The summed E-state index contributed by atoms with van der Waals surface area (Å²) in [5.41, 5.74) is 2.37. The second kappa shape index (κ2) is 7.90. The fourth-order valence-corrected chi connectivity index (χ4v) is 2.54. The lowest BCUT2D eigenvalue weighted by molar-refractivity contribution is 0.439. The molecule has 4 nitrogen and oxygen atoms in total. The molecule has 0 unspecified atom stereocenters. The number of hydrogen-bond donors (Lipinski definition) is 1. The lowest BCUT2D eigenvalue weighted by Gasteiger charge is -2.03. The molecule has 118 valence electrons. The van der Waals surface area contributed by atoms with Crippen LogP contribution in [-0.4, -0.2) is 16.7 Å². The normalized spacial score (nSPS) is 10.8. The van der Waals surface area contributed by atoms with Crippen LogP contribution in [0.3, 0.4) is 0 Å². The molecule has 2 aromatic carbocycles. The minimum Gasteiger partial charge on any atom is -0.424 e. The maximum absolute atomic E-state index is 5.97. The van der Waals surface area contributed by atoms with Crippen molar-refractivity contribution in [2.24, 2.45) is 0 Å². The van der Waals surface area contributed by atoms with Crippen molar-refractivity contribution >= 4 is 11.6 Å². The molecule has 1 heterocycles. The van der Waals surface area contributed by atoms with Crippen molar-refractivity contribution < 1.29 is 4.42 Å². The Morgan fingerprint density at radius 2 is 1.70 bits per heavy atom. The number of halogens is 1. The van der Waals surface area contributed by atoms with Crippen LogP contribution < -0.4 is 5.32 Å². The molecule has 3 rings (SSSR count). The fraction of sp³-hybridized carbons (Fsp3) is 0.222. The molecular formula is C18H18ClN3O. The van der Waals surface area contributed by atoms with Crippen LogP contribution in [0, 0.1) is 0 Å². The number of hydrogen-bond acceptors (Lipinski definition) is 4. The summed E-state index contributed by atoms with van der Waals surface area (Å²) >= 11 is 5.97. The van der Waals surface area contributed by atoms with Crippen molar-refractivity contribution in [3.8, 4) is 0 Å². The average molecular weight is 328 g/mol. The van der Waals surface area contributed by atoms with Crippen molar-refractivity contribution in [2.75, 3.05) is 6.54 Å². The summed E-state index contributed by atoms with van der Waals surface area (Å²) in [5, 5.41) is 12.2. The summed E-state index contributed by atoms with van der Waals surface area (Å²) in [4.78, 5) is 0. The van der Waals surface area contributed by atoms with Crippen molar-refractivity contribution in [3.05, 3.63) is 82.5 Å². The van der Waals surface area contributed by atoms with Crippen LogP contribution in [0.4, 0.5) is 0 Å². The van der Waals surface area contributed by atoms with Gasteiger partial charge in [0, 0.05) is 5.02 Å².